The molecule has 0 aliphatic carbocycles. The number of carbonyl (C=O) groups excluding carboxylic acids is 1. The van der Waals surface area contributed by atoms with Crippen LogP contribution in [0.2, 0.25) is 0 Å². The Morgan fingerprint density at radius 2 is 2.37 bits per heavy atom. The monoisotopic (exact) mass is 279 g/mol. The number of aliphatic hydroxyl groups is 1. The molecule has 1 N–H and O–H groups in total. The molecule has 19 heavy (non-hydrogen) atoms. The van der Waals surface area contributed by atoms with Crippen LogP contribution >= 0.6 is 11.3 Å². The van der Waals surface area contributed by atoms with E-state index in [4.69, 9.17) is 5.11 Å². The molecular weight excluding hydrogens is 265 g/mol. The van der Waals surface area contributed by atoms with Crippen LogP contribution in [0.1, 0.15) is 16.1 Å². The zero-order chi connectivity index (χ0) is 13.4. The summed E-state index contributed by atoms with van der Waals surface area (Å²) in [5.41, 5.74) is 0. The quantitative estimate of drug-likeness (QED) is 0.917. The smallest absolute Gasteiger partial charge is 0.263 e. The lowest BCUT2D eigenvalue weighted by atomic mass is 10.1. The van der Waals surface area contributed by atoms with E-state index in [9.17, 15) is 9.18 Å². The van der Waals surface area contributed by atoms with Crippen LogP contribution in [-0.4, -0.2) is 35.6 Å². The standard InChI is InChI=1S/C14H14FNO2S/c15-11-2-1-3-12-10(11)6-13(19-12)14(18)16-5-4-9(7-16)8-17/h1-3,6,9,17H,4-5,7-8H2. The van der Waals surface area contributed by atoms with Crippen molar-refractivity contribution < 1.29 is 14.3 Å². The first-order chi connectivity index (χ1) is 9.19. The molecule has 1 aliphatic rings. The van der Waals surface area contributed by atoms with Crippen molar-refractivity contribution in [2.45, 2.75) is 6.42 Å². The van der Waals surface area contributed by atoms with E-state index >= 15 is 0 Å². The molecule has 5 heteroatoms. The van der Waals surface area contributed by atoms with E-state index in [0.29, 0.717) is 23.4 Å². The highest BCUT2D eigenvalue weighted by Gasteiger charge is 2.27. The van der Waals surface area contributed by atoms with Crippen molar-refractivity contribution in [3.8, 4) is 0 Å². The third-order valence-corrected chi connectivity index (χ3v) is 4.64. The summed E-state index contributed by atoms with van der Waals surface area (Å²) >= 11 is 1.32. The Bertz CT molecular complexity index is 625. The van der Waals surface area contributed by atoms with E-state index in [0.717, 1.165) is 11.1 Å². The van der Waals surface area contributed by atoms with Crippen molar-refractivity contribution >= 4 is 27.3 Å². The average molecular weight is 279 g/mol. The van der Waals surface area contributed by atoms with Gasteiger partial charge in [-0.2, -0.15) is 0 Å². The fourth-order valence-electron chi connectivity index (χ4n) is 2.45. The minimum Gasteiger partial charge on any atom is -0.396 e. The molecule has 2 heterocycles. The largest absolute Gasteiger partial charge is 0.396 e. The van der Waals surface area contributed by atoms with Crippen LogP contribution in [0.5, 0.6) is 0 Å². The molecule has 1 unspecified atom stereocenters. The number of amides is 1. The summed E-state index contributed by atoms with van der Waals surface area (Å²) in [7, 11) is 0. The van der Waals surface area contributed by atoms with Gasteiger partial charge in [0, 0.05) is 35.7 Å². The Morgan fingerprint density at radius 3 is 3.05 bits per heavy atom. The van der Waals surface area contributed by atoms with Gasteiger partial charge in [-0.15, -0.1) is 11.3 Å². The van der Waals surface area contributed by atoms with E-state index in [-0.39, 0.29) is 24.2 Å². The summed E-state index contributed by atoms with van der Waals surface area (Å²) in [4.78, 5) is 14.6. The van der Waals surface area contributed by atoms with Gasteiger partial charge in [0.15, 0.2) is 0 Å². The molecule has 1 atom stereocenters. The Morgan fingerprint density at radius 1 is 1.53 bits per heavy atom. The van der Waals surface area contributed by atoms with Crippen molar-refractivity contribution in [3.05, 3.63) is 35.0 Å². The van der Waals surface area contributed by atoms with Crippen molar-refractivity contribution in [2.24, 2.45) is 5.92 Å². The van der Waals surface area contributed by atoms with Gasteiger partial charge in [0.1, 0.15) is 5.82 Å². The molecule has 1 aromatic carbocycles. The second-order valence-corrected chi connectivity index (χ2v) is 5.93. The molecule has 1 saturated heterocycles. The number of hydrogen-bond acceptors (Lipinski definition) is 3. The van der Waals surface area contributed by atoms with Crippen LogP contribution in [-0.2, 0) is 0 Å². The first kappa shape index (κ1) is 12.6. The van der Waals surface area contributed by atoms with Gasteiger partial charge < -0.3 is 10.0 Å². The number of halogens is 1. The molecule has 0 radical (unpaired) electrons. The van der Waals surface area contributed by atoms with Gasteiger partial charge in [-0.05, 0) is 24.6 Å². The molecule has 1 fully saturated rings. The lowest BCUT2D eigenvalue weighted by molar-refractivity contribution is 0.0786. The topological polar surface area (TPSA) is 40.5 Å². The maximum Gasteiger partial charge on any atom is 0.263 e. The van der Waals surface area contributed by atoms with Gasteiger partial charge in [0.05, 0.1) is 4.88 Å². The van der Waals surface area contributed by atoms with E-state index in [2.05, 4.69) is 0 Å². The van der Waals surface area contributed by atoms with Crippen LogP contribution in [0.4, 0.5) is 4.39 Å². The van der Waals surface area contributed by atoms with Crippen molar-refractivity contribution in [3.63, 3.8) is 0 Å². The van der Waals surface area contributed by atoms with Crippen LogP contribution in [0.15, 0.2) is 24.3 Å². The van der Waals surface area contributed by atoms with Gasteiger partial charge in [-0.3, -0.25) is 4.79 Å². The molecule has 100 valence electrons. The molecule has 2 aromatic rings. The lowest BCUT2D eigenvalue weighted by Crippen LogP contribution is -2.28. The Hall–Kier alpha value is -1.46. The Labute approximate surface area is 114 Å². The zero-order valence-corrected chi connectivity index (χ0v) is 11.1. The molecular formula is C14H14FNO2S. The molecule has 1 aromatic heterocycles. The summed E-state index contributed by atoms with van der Waals surface area (Å²) in [6.45, 7) is 1.37. The molecule has 3 nitrogen and oxygen atoms in total. The van der Waals surface area contributed by atoms with Crippen molar-refractivity contribution in [1.29, 1.82) is 0 Å². The number of fused-ring (bicyclic) bond motifs is 1. The number of nitrogens with zero attached hydrogens (tertiary/aromatic N) is 1. The van der Waals surface area contributed by atoms with Crippen molar-refractivity contribution in [2.75, 3.05) is 19.7 Å². The third-order valence-electron chi connectivity index (χ3n) is 3.55. The number of rotatable bonds is 2. The first-order valence-corrected chi connectivity index (χ1v) is 7.09. The van der Waals surface area contributed by atoms with Crippen LogP contribution < -0.4 is 0 Å². The summed E-state index contributed by atoms with van der Waals surface area (Å²) in [5, 5.41) is 9.61. The minimum atomic E-state index is -0.289. The molecule has 1 aliphatic heterocycles. The number of likely N-dealkylation sites (tertiary alicyclic amines) is 1. The van der Waals surface area contributed by atoms with Crippen LogP contribution in [0.3, 0.4) is 0 Å². The molecule has 0 spiro atoms. The third kappa shape index (κ3) is 2.24. The zero-order valence-electron chi connectivity index (χ0n) is 10.3. The maximum atomic E-state index is 13.6. The van der Waals surface area contributed by atoms with Crippen molar-refractivity contribution in [1.82, 2.24) is 4.90 Å². The van der Waals surface area contributed by atoms with Gasteiger partial charge in [0.25, 0.3) is 5.91 Å². The second-order valence-electron chi connectivity index (χ2n) is 4.85. The second kappa shape index (κ2) is 4.90. The highest BCUT2D eigenvalue weighted by Crippen LogP contribution is 2.29. The predicted molar refractivity (Wildman–Crippen MR) is 72.9 cm³/mol. The minimum absolute atomic E-state index is 0.0588. The van der Waals surface area contributed by atoms with Gasteiger partial charge in [0.2, 0.25) is 0 Å². The fraction of sp³-hybridized carbons (Fsp3) is 0.357. The van der Waals surface area contributed by atoms with E-state index in [1.165, 1.54) is 17.4 Å². The summed E-state index contributed by atoms with van der Waals surface area (Å²) in [5.74, 6) is -0.172. The maximum absolute atomic E-state index is 13.6. The number of thiophene rings is 1. The van der Waals surface area contributed by atoms with Gasteiger partial charge in [-0.25, -0.2) is 4.39 Å². The normalized spacial score (nSPS) is 19.3. The fourth-order valence-corrected chi connectivity index (χ4v) is 3.50. The van der Waals surface area contributed by atoms with E-state index < -0.39 is 0 Å². The average Bonchev–Trinajstić information content (AvgIpc) is 3.05. The molecule has 1 amide bonds. The lowest BCUT2D eigenvalue weighted by Gasteiger charge is -2.14. The summed E-state index contributed by atoms with van der Waals surface area (Å²) in [6.07, 6.45) is 0.835. The summed E-state index contributed by atoms with van der Waals surface area (Å²) in [6, 6.07) is 6.51. The first-order valence-electron chi connectivity index (χ1n) is 6.27. The van der Waals surface area contributed by atoms with E-state index in [1.807, 2.05) is 6.07 Å². The van der Waals surface area contributed by atoms with Gasteiger partial charge >= 0.3 is 0 Å². The molecule has 0 bridgehead atoms. The van der Waals surface area contributed by atoms with E-state index in [1.54, 1.807) is 17.0 Å². The Kier molecular flexibility index (Phi) is 3.24. The van der Waals surface area contributed by atoms with Crippen LogP contribution in [0.25, 0.3) is 10.1 Å². The predicted octanol–water partition coefficient (Wildman–Crippen LogP) is 2.49. The number of hydrogen-bond donors (Lipinski definition) is 1. The Balaban J connectivity index is 1.88. The molecule has 0 saturated carbocycles. The summed E-state index contributed by atoms with van der Waals surface area (Å²) < 4.78 is 14.4. The van der Waals surface area contributed by atoms with Crippen LogP contribution in [0, 0.1) is 11.7 Å². The number of carbonyl (C=O) groups is 1. The highest BCUT2D eigenvalue weighted by molar-refractivity contribution is 7.20. The molecule has 3 rings (SSSR count). The number of benzene rings is 1. The van der Waals surface area contributed by atoms with Gasteiger partial charge in [-0.1, -0.05) is 6.07 Å². The highest BCUT2D eigenvalue weighted by atomic mass is 32.1. The number of aliphatic hydroxyl groups excluding tert-OH is 1. The SMILES string of the molecule is O=C(c1cc2c(F)cccc2s1)N1CCC(CO)C1.